The van der Waals surface area contributed by atoms with Crippen molar-refractivity contribution < 1.29 is 19.7 Å². The first-order valence-corrected chi connectivity index (χ1v) is 12.1. The third-order valence-corrected chi connectivity index (χ3v) is 6.13. The summed E-state index contributed by atoms with van der Waals surface area (Å²) in [5.41, 5.74) is -0.468. The molecule has 0 aliphatic carbocycles. The van der Waals surface area contributed by atoms with E-state index in [0.29, 0.717) is 26.2 Å². The predicted octanol–water partition coefficient (Wildman–Crippen LogP) is 2.56. The third kappa shape index (κ3) is 5.98. The Balaban J connectivity index is 0.000000625. The second kappa shape index (κ2) is 12.9. The number of hydrogen-bond donors (Lipinski definition) is 1. The van der Waals surface area contributed by atoms with Crippen LogP contribution in [0.15, 0.2) is 53.1 Å². The van der Waals surface area contributed by atoms with Gasteiger partial charge in [-0.3, -0.25) is 33.3 Å². The summed E-state index contributed by atoms with van der Waals surface area (Å²) in [7, 11) is 0. The van der Waals surface area contributed by atoms with Gasteiger partial charge in [0.05, 0.1) is 0 Å². The Labute approximate surface area is 214 Å². The van der Waals surface area contributed by atoms with E-state index in [1.807, 2.05) is 30.6 Å². The molecule has 2 amide bonds. The average Bonchev–Trinajstić information content (AvgIpc) is 2.85. The highest BCUT2D eigenvalue weighted by molar-refractivity contribution is 7.80. The van der Waals surface area contributed by atoms with Crippen molar-refractivity contribution in [2.45, 2.75) is 40.8 Å². The number of thiocarbonyl (C=S) groups is 1. The van der Waals surface area contributed by atoms with Crippen LogP contribution in [-0.2, 0) is 22.7 Å². The summed E-state index contributed by atoms with van der Waals surface area (Å²) in [5, 5.41) is 10.6. The number of likely N-dealkylation sites (N-methyl/N-ethyl adjacent to an activating group) is 2. The number of carbonyl (C=O) groups excluding carboxylic acids is 2. The first kappa shape index (κ1) is 27.8. The summed E-state index contributed by atoms with van der Waals surface area (Å²) in [4.78, 5) is 43.5. The van der Waals surface area contributed by atoms with Crippen molar-refractivity contribution in [1.82, 2.24) is 18.9 Å². The molecular formula is C24H30N5O4S2+. The maximum Gasteiger partial charge on any atom is 0.265 e. The van der Waals surface area contributed by atoms with Crippen molar-refractivity contribution in [2.75, 3.05) is 13.1 Å². The standard InChI is InChI=1S/C19H24N4O4S2.C5H5N/c1-5-20-14(24)12(15(25)21(6-2)18(20)28)10-9-11-13-16(26)22(7-3)19(29)23(8-4)17(13)27;1-2-4-6-5-3-1/h9-11,24H,5-8H2,1-4H3;1-5H/p+1/b10-9+;. The molecule has 9 nitrogen and oxygen atoms in total. The summed E-state index contributed by atoms with van der Waals surface area (Å²) < 4.78 is 3.05. The first-order chi connectivity index (χ1) is 16.7. The normalized spacial score (nSPS) is 13.8. The van der Waals surface area contributed by atoms with Gasteiger partial charge in [0.1, 0.15) is 11.1 Å². The van der Waals surface area contributed by atoms with E-state index in [1.54, 1.807) is 27.7 Å². The van der Waals surface area contributed by atoms with Crippen molar-refractivity contribution >= 4 is 47.4 Å². The van der Waals surface area contributed by atoms with Crippen LogP contribution in [0, 0.1) is 4.77 Å². The fourth-order valence-corrected chi connectivity index (χ4v) is 4.26. The molecule has 0 unspecified atom stereocenters. The Bertz CT molecular complexity index is 1210. The number of amides is 2. The zero-order valence-corrected chi connectivity index (χ0v) is 21.9. The molecule has 2 aromatic heterocycles. The molecule has 1 fully saturated rings. The van der Waals surface area contributed by atoms with Crippen molar-refractivity contribution in [1.29, 1.82) is 0 Å². The minimum Gasteiger partial charge on any atom is -0.494 e. The van der Waals surface area contributed by atoms with Crippen molar-refractivity contribution in [3.63, 3.8) is 0 Å². The molecule has 3 rings (SSSR count). The van der Waals surface area contributed by atoms with E-state index >= 15 is 0 Å². The van der Waals surface area contributed by atoms with Crippen LogP contribution in [0.2, 0.25) is 0 Å². The zero-order chi connectivity index (χ0) is 26.1. The molecule has 1 aliphatic rings. The molecular weight excluding hydrogens is 486 g/mol. The van der Waals surface area contributed by atoms with E-state index in [2.05, 4.69) is 4.98 Å². The van der Waals surface area contributed by atoms with E-state index in [1.165, 1.54) is 37.2 Å². The molecule has 0 spiro atoms. The monoisotopic (exact) mass is 516 g/mol. The van der Waals surface area contributed by atoms with Gasteiger partial charge in [-0.05, 0) is 64.3 Å². The minimum absolute atomic E-state index is 0.0325. The highest BCUT2D eigenvalue weighted by Gasteiger charge is 2.37. The molecule has 2 aromatic rings. The summed E-state index contributed by atoms with van der Waals surface area (Å²) in [6, 6.07) is 5.86. The Morgan fingerprint density at radius 1 is 0.857 bits per heavy atom. The number of allylic oxidation sites excluding steroid dienone is 2. The predicted molar refractivity (Wildman–Crippen MR) is 140 cm³/mol. The molecule has 186 valence electrons. The Kier molecular flexibility index (Phi) is 10.2. The number of aromatic hydroxyl groups is 1. The average molecular weight is 517 g/mol. The number of nitrogens with one attached hydrogen (secondary N) is 1. The van der Waals surface area contributed by atoms with E-state index in [9.17, 15) is 19.5 Å². The molecule has 0 atom stereocenters. The van der Waals surface area contributed by atoms with Gasteiger partial charge in [0.25, 0.3) is 17.4 Å². The fraction of sp³-hybridized carbons (Fsp3) is 0.333. The molecule has 0 radical (unpaired) electrons. The van der Waals surface area contributed by atoms with E-state index < -0.39 is 17.4 Å². The van der Waals surface area contributed by atoms with Gasteiger partial charge in [-0.25, -0.2) is 4.98 Å². The Morgan fingerprint density at radius 3 is 1.80 bits per heavy atom. The number of pyridine rings is 1. The van der Waals surface area contributed by atoms with Crippen molar-refractivity contribution in [2.24, 2.45) is 0 Å². The second-order valence-electron chi connectivity index (χ2n) is 7.21. The number of aromatic amines is 1. The van der Waals surface area contributed by atoms with Crippen LogP contribution in [0.25, 0.3) is 6.08 Å². The summed E-state index contributed by atoms with van der Waals surface area (Å²) in [6.07, 6.45) is 7.86. The van der Waals surface area contributed by atoms with Crippen molar-refractivity contribution in [3.05, 3.63) is 69.0 Å². The second-order valence-corrected chi connectivity index (χ2v) is 7.94. The lowest BCUT2D eigenvalue weighted by molar-refractivity contribution is -0.377. The molecule has 0 saturated carbocycles. The first-order valence-electron chi connectivity index (χ1n) is 11.3. The van der Waals surface area contributed by atoms with Crippen molar-refractivity contribution in [3.8, 4) is 5.88 Å². The lowest BCUT2D eigenvalue weighted by atomic mass is 10.1. The van der Waals surface area contributed by atoms with Gasteiger partial charge >= 0.3 is 0 Å². The number of nitrogens with zero attached hydrogens (tertiary/aromatic N) is 4. The van der Waals surface area contributed by atoms with Gasteiger partial charge in [0.15, 0.2) is 22.3 Å². The molecule has 11 heteroatoms. The van der Waals surface area contributed by atoms with E-state index in [0.717, 1.165) is 0 Å². The Hall–Kier alpha value is -3.44. The lowest BCUT2D eigenvalue weighted by Gasteiger charge is -2.35. The van der Waals surface area contributed by atoms with E-state index in [4.69, 9.17) is 24.4 Å². The molecule has 0 bridgehead atoms. The summed E-state index contributed by atoms with van der Waals surface area (Å²) in [6.45, 7) is 8.53. The maximum absolute atomic E-state index is 12.6. The molecule has 0 aromatic carbocycles. The smallest absolute Gasteiger partial charge is 0.265 e. The van der Waals surface area contributed by atoms with Gasteiger partial charge in [0.2, 0.25) is 5.88 Å². The molecule has 1 saturated heterocycles. The van der Waals surface area contributed by atoms with Crippen LogP contribution in [0.1, 0.15) is 33.3 Å². The van der Waals surface area contributed by atoms with Crippen LogP contribution in [0.3, 0.4) is 0 Å². The van der Waals surface area contributed by atoms with Gasteiger partial charge in [-0.2, -0.15) is 0 Å². The van der Waals surface area contributed by atoms with Crippen LogP contribution in [0.5, 0.6) is 5.88 Å². The molecule has 1 aliphatic heterocycles. The Morgan fingerprint density at radius 2 is 1.40 bits per heavy atom. The minimum atomic E-state index is -0.489. The largest absolute Gasteiger partial charge is 0.494 e. The lowest BCUT2D eigenvalue weighted by Crippen LogP contribution is -2.55. The molecule has 3 heterocycles. The summed E-state index contributed by atoms with van der Waals surface area (Å²) in [5.74, 6) is -1.23. The quantitative estimate of drug-likeness (QED) is 0.360. The van der Waals surface area contributed by atoms with Crippen LogP contribution >= 0.6 is 24.4 Å². The SMILES string of the molecule is CCN1C(=O)C(=C/C=C/c2c(O)n(CC)c(=S)n(CC)c2=O)C(=O)N(CC)C1=S.c1cc[nH+]cc1. The number of hydrogen-bond acceptors (Lipinski definition) is 6. The van der Waals surface area contributed by atoms with Gasteiger partial charge in [-0.1, -0.05) is 12.1 Å². The third-order valence-electron chi connectivity index (χ3n) is 5.24. The number of rotatable bonds is 6. The summed E-state index contributed by atoms with van der Waals surface area (Å²) >= 11 is 10.5. The highest BCUT2D eigenvalue weighted by atomic mass is 32.1. The zero-order valence-electron chi connectivity index (χ0n) is 20.2. The molecule has 2 N–H and O–H groups in total. The topological polar surface area (TPSA) is 102 Å². The van der Waals surface area contributed by atoms with E-state index in [-0.39, 0.29) is 26.9 Å². The highest BCUT2D eigenvalue weighted by Crippen LogP contribution is 2.19. The van der Waals surface area contributed by atoms with Crippen LogP contribution in [-0.4, -0.2) is 54.1 Å². The number of H-pyrrole nitrogens is 1. The fourth-order valence-electron chi connectivity index (χ4n) is 3.40. The van der Waals surface area contributed by atoms with Gasteiger partial charge in [0, 0.05) is 38.3 Å². The number of carbonyl (C=O) groups is 2. The maximum atomic E-state index is 12.6. The van der Waals surface area contributed by atoms with Crippen LogP contribution in [0.4, 0.5) is 0 Å². The van der Waals surface area contributed by atoms with Crippen LogP contribution < -0.4 is 10.5 Å². The number of aromatic nitrogens is 3. The van der Waals surface area contributed by atoms with Gasteiger partial charge in [-0.15, -0.1) is 0 Å². The van der Waals surface area contributed by atoms with Gasteiger partial charge < -0.3 is 5.11 Å². The molecule has 35 heavy (non-hydrogen) atoms.